The molecule has 0 heterocycles. The third-order valence-corrected chi connectivity index (χ3v) is 0.864. The summed E-state index contributed by atoms with van der Waals surface area (Å²) in [4.78, 5) is 20.2. The number of rotatable bonds is 4. The molecule has 3 heteroatoms. The van der Waals surface area contributed by atoms with Gasteiger partial charge < -0.3 is 5.11 Å². The molecule has 10 heavy (non-hydrogen) atoms. The largest absolute Gasteiger partial charge is 0.481 e. The van der Waals surface area contributed by atoms with E-state index in [1.165, 1.54) is 13.0 Å². The van der Waals surface area contributed by atoms with E-state index in [2.05, 4.69) is 0 Å². The van der Waals surface area contributed by atoms with E-state index in [0.717, 1.165) is 0 Å². The summed E-state index contributed by atoms with van der Waals surface area (Å²) in [6.07, 6.45) is 3.36. The van der Waals surface area contributed by atoms with Crippen molar-refractivity contribution in [2.24, 2.45) is 0 Å². The number of hydrogen-bond acceptors (Lipinski definition) is 2. The van der Waals surface area contributed by atoms with E-state index in [0.29, 0.717) is 6.42 Å². The molecular weight excluding hydrogens is 132 g/mol. The van der Waals surface area contributed by atoms with Gasteiger partial charge in [0.05, 0.1) is 6.42 Å². The number of carbonyl (C=O) groups excluding carboxylic acids is 1. The fraction of sp³-hybridized carbons (Fsp3) is 0.429. The fourth-order valence-electron chi connectivity index (χ4n) is 0.433. The normalized spacial score (nSPS) is 10.1. The van der Waals surface area contributed by atoms with E-state index in [4.69, 9.17) is 5.11 Å². The molecule has 0 bridgehead atoms. The highest BCUT2D eigenvalue weighted by Gasteiger charge is 1.89. The van der Waals surface area contributed by atoms with E-state index in [1.54, 1.807) is 6.08 Å². The molecule has 0 atom stereocenters. The number of allylic oxidation sites excluding steroid dienone is 1. The van der Waals surface area contributed by atoms with Crippen LogP contribution in [-0.4, -0.2) is 16.9 Å². The lowest BCUT2D eigenvalue weighted by atomic mass is 10.3. The summed E-state index contributed by atoms with van der Waals surface area (Å²) in [5.74, 6) is -0.832. The topological polar surface area (TPSA) is 54.4 Å². The van der Waals surface area contributed by atoms with Gasteiger partial charge in [0.15, 0.2) is 0 Å². The number of ketones is 1. The molecule has 0 aliphatic carbocycles. The Morgan fingerprint density at radius 1 is 1.30 bits per heavy atom. The molecule has 0 aliphatic heterocycles. The second kappa shape index (κ2) is 4.73. The molecule has 0 aliphatic rings. The van der Waals surface area contributed by atoms with Crippen LogP contribution >= 0.6 is 0 Å². The Kier molecular flexibility index (Phi) is 4.20. The molecule has 0 aromatic rings. The molecule has 0 rings (SSSR count). The average molecular weight is 142 g/mol. The number of Topliss-reactive ketones (excluding diaryl/α,β-unsaturated/α-hetero) is 1. The smallest absolute Gasteiger partial charge is 0.307 e. The van der Waals surface area contributed by atoms with Crippen LogP contribution in [0.1, 0.15) is 19.8 Å². The first kappa shape index (κ1) is 8.88. The van der Waals surface area contributed by atoms with Gasteiger partial charge in [-0.25, -0.2) is 0 Å². The van der Waals surface area contributed by atoms with Crippen LogP contribution < -0.4 is 0 Å². The van der Waals surface area contributed by atoms with Crippen molar-refractivity contribution in [1.82, 2.24) is 0 Å². The Bertz CT molecular complexity index is 140. The fourth-order valence-corrected chi connectivity index (χ4v) is 0.433. The van der Waals surface area contributed by atoms with Gasteiger partial charge in [0.25, 0.3) is 0 Å². The van der Waals surface area contributed by atoms with E-state index < -0.39 is 5.97 Å². The van der Waals surface area contributed by atoms with Gasteiger partial charge in [0, 0.05) is 6.42 Å². The van der Waals surface area contributed by atoms with Crippen LogP contribution in [0.15, 0.2) is 12.2 Å². The van der Waals surface area contributed by atoms with Crippen LogP contribution in [-0.2, 0) is 9.59 Å². The summed E-state index contributed by atoms with van der Waals surface area (Å²) in [6.45, 7) is 1.46. The second-order valence-corrected chi connectivity index (χ2v) is 1.98. The standard InChI is InChI=1S/C7H10O3/c1-6(8)4-2-3-5-7(9)10/h2-3H,4-5H2,1H3,(H,9,10)/b3-2+. The van der Waals surface area contributed by atoms with Crippen LogP contribution in [0.4, 0.5) is 0 Å². The summed E-state index contributed by atoms with van der Waals surface area (Å²) < 4.78 is 0. The van der Waals surface area contributed by atoms with Crippen molar-refractivity contribution in [2.75, 3.05) is 0 Å². The lowest BCUT2D eigenvalue weighted by Gasteiger charge is -1.83. The Morgan fingerprint density at radius 2 is 1.80 bits per heavy atom. The maximum atomic E-state index is 10.3. The first-order valence-corrected chi connectivity index (χ1v) is 2.99. The highest BCUT2D eigenvalue weighted by atomic mass is 16.4. The van der Waals surface area contributed by atoms with Crippen molar-refractivity contribution in [3.63, 3.8) is 0 Å². The quantitative estimate of drug-likeness (QED) is 0.595. The highest BCUT2D eigenvalue weighted by Crippen LogP contribution is 1.87. The van der Waals surface area contributed by atoms with Crippen LogP contribution in [0, 0.1) is 0 Å². The molecular formula is C7H10O3. The SMILES string of the molecule is CC(=O)C/C=C/CC(=O)O. The van der Waals surface area contributed by atoms with Crippen LogP contribution in [0.5, 0.6) is 0 Å². The van der Waals surface area contributed by atoms with E-state index >= 15 is 0 Å². The van der Waals surface area contributed by atoms with E-state index in [9.17, 15) is 9.59 Å². The Morgan fingerprint density at radius 3 is 2.20 bits per heavy atom. The van der Waals surface area contributed by atoms with Crippen molar-refractivity contribution >= 4 is 11.8 Å². The number of carbonyl (C=O) groups is 2. The molecule has 0 unspecified atom stereocenters. The number of aliphatic carboxylic acids is 1. The lowest BCUT2D eigenvalue weighted by Crippen LogP contribution is -1.90. The number of carboxylic acids is 1. The zero-order valence-corrected chi connectivity index (χ0v) is 5.83. The van der Waals surface area contributed by atoms with Gasteiger partial charge in [-0.3, -0.25) is 9.59 Å². The average Bonchev–Trinajstić information content (AvgIpc) is 1.79. The van der Waals surface area contributed by atoms with Gasteiger partial charge in [-0.2, -0.15) is 0 Å². The maximum Gasteiger partial charge on any atom is 0.307 e. The molecule has 0 saturated heterocycles. The minimum absolute atomic E-state index is 0.00667. The molecule has 3 nitrogen and oxygen atoms in total. The predicted molar refractivity (Wildman–Crippen MR) is 36.7 cm³/mol. The van der Waals surface area contributed by atoms with Crippen molar-refractivity contribution < 1.29 is 14.7 Å². The molecule has 0 aromatic heterocycles. The lowest BCUT2D eigenvalue weighted by molar-refractivity contribution is -0.136. The van der Waals surface area contributed by atoms with E-state index in [1.807, 2.05) is 0 Å². The van der Waals surface area contributed by atoms with Crippen LogP contribution in [0.2, 0.25) is 0 Å². The second-order valence-electron chi connectivity index (χ2n) is 1.98. The minimum atomic E-state index is -0.875. The minimum Gasteiger partial charge on any atom is -0.481 e. The molecule has 56 valence electrons. The molecule has 1 N–H and O–H groups in total. The van der Waals surface area contributed by atoms with E-state index in [-0.39, 0.29) is 12.2 Å². The zero-order chi connectivity index (χ0) is 7.98. The van der Waals surface area contributed by atoms with Gasteiger partial charge in [-0.05, 0) is 6.92 Å². The molecule has 0 fully saturated rings. The molecule has 0 saturated carbocycles. The molecule has 0 aromatic carbocycles. The van der Waals surface area contributed by atoms with Gasteiger partial charge in [-0.1, -0.05) is 12.2 Å². The highest BCUT2D eigenvalue weighted by molar-refractivity contribution is 5.77. The van der Waals surface area contributed by atoms with Crippen molar-refractivity contribution in [3.05, 3.63) is 12.2 Å². The predicted octanol–water partition coefficient (Wildman–Crippen LogP) is 0.996. The van der Waals surface area contributed by atoms with Crippen molar-refractivity contribution in [1.29, 1.82) is 0 Å². The van der Waals surface area contributed by atoms with Gasteiger partial charge in [0.1, 0.15) is 5.78 Å². The van der Waals surface area contributed by atoms with Crippen molar-refractivity contribution in [3.8, 4) is 0 Å². The number of hydrogen-bond donors (Lipinski definition) is 1. The number of carboxylic acid groups (broad SMARTS) is 1. The molecule has 0 amide bonds. The Hall–Kier alpha value is -1.12. The Balaban J connectivity index is 3.38. The van der Waals surface area contributed by atoms with Crippen LogP contribution in [0.3, 0.4) is 0 Å². The third kappa shape index (κ3) is 6.88. The summed E-state index contributed by atoms with van der Waals surface area (Å²) in [7, 11) is 0. The zero-order valence-electron chi connectivity index (χ0n) is 5.83. The summed E-state index contributed by atoms with van der Waals surface area (Å²) in [5, 5.41) is 8.14. The van der Waals surface area contributed by atoms with Gasteiger partial charge in [-0.15, -0.1) is 0 Å². The molecule has 0 spiro atoms. The monoisotopic (exact) mass is 142 g/mol. The van der Waals surface area contributed by atoms with Gasteiger partial charge >= 0.3 is 5.97 Å². The first-order valence-electron chi connectivity index (χ1n) is 2.99. The van der Waals surface area contributed by atoms with Crippen LogP contribution in [0.25, 0.3) is 0 Å². The Labute approximate surface area is 59.4 Å². The summed E-state index contributed by atoms with van der Waals surface area (Å²) in [5.41, 5.74) is 0. The summed E-state index contributed by atoms with van der Waals surface area (Å²) in [6, 6.07) is 0. The maximum absolute atomic E-state index is 10.3. The third-order valence-electron chi connectivity index (χ3n) is 0.864. The molecule has 0 radical (unpaired) electrons. The first-order chi connectivity index (χ1) is 4.63. The van der Waals surface area contributed by atoms with Gasteiger partial charge in [0.2, 0.25) is 0 Å². The summed E-state index contributed by atoms with van der Waals surface area (Å²) >= 11 is 0. The van der Waals surface area contributed by atoms with Crippen molar-refractivity contribution in [2.45, 2.75) is 19.8 Å².